The van der Waals surface area contributed by atoms with E-state index in [1.807, 2.05) is 24.3 Å². The molecule has 0 aliphatic heterocycles. The molecule has 0 saturated carbocycles. The highest BCUT2D eigenvalue weighted by Crippen LogP contribution is 2.20. The number of rotatable bonds is 2. The van der Waals surface area contributed by atoms with Crippen LogP contribution in [0, 0.1) is 0 Å². The Kier molecular flexibility index (Phi) is 1.96. The molecule has 0 unspecified atom stereocenters. The maximum absolute atomic E-state index is 5.07. The van der Waals surface area contributed by atoms with Crippen LogP contribution in [0.25, 0.3) is 11.3 Å². The molecule has 0 atom stereocenters. The Morgan fingerprint density at radius 1 is 1.38 bits per heavy atom. The van der Waals surface area contributed by atoms with E-state index in [9.17, 15) is 0 Å². The Morgan fingerprint density at radius 3 is 3.00 bits per heavy atom. The number of hydrogen-bond acceptors (Lipinski definition) is 4. The SMILES string of the molecule is COc1cccc(-c2cnon2)c1. The van der Waals surface area contributed by atoms with Crippen molar-refractivity contribution in [2.45, 2.75) is 0 Å². The van der Waals surface area contributed by atoms with Gasteiger partial charge in [-0.3, -0.25) is 0 Å². The largest absolute Gasteiger partial charge is 0.497 e. The molecule has 4 heteroatoms. The smallest absolute Gasteiger partial charge is 0.135 e. The first-order valence-electron chi connectivity index (χ1n) is 3.82. The van der Waals surface area contributed by atoms with Gasteiger partial charge in [0.15, 0.2) is 0 Å². The lowest BCUT2D eigenvalue weighted by molar-refractivity contribution is 0.308. The van der Waals surface area contributed by atoms with Crippen molar-refractivity contribution in [3.8, 4) is 17.0 Å². The van der Waals surface area contributed by atoms with Crippen LogP contribution in [-0.2, 0) is 0 Å². The number of ether oxygens (including phenoxy) is 1. The van der Waals surface area contributed by atoms with E-state index in [1.165, 1.54) is 0 Å². The van der Waals surface area contributed by atoms with Crippen LogP contribution in [0.5, 0.6) is 5.75 Å². The Balaban J connectivity index is 2.41. The van der Waals surface area contributed by atoms with Crippen LogP contribution in [0.3, 0.4) is 0 Å². The molecular weight excluding hydrogens is 168 g/mol. The molecule has 0 N–H and O–H groups in total. The van der Waals surface area contributed by atoms with Gasteiger partial charge in [-0.2, -0.15) is 0 Å². The standard InChI is InChI=1S/C9H8N2O2/c1-12-8-4-2-3-7(5-8)9-6-10-13-11-9/h2-6H,1H3. The summed E-state index contributed by atoms with van der Waals surface area (Å²) in [5, 5.41) is 7.25. The summed E-state index contributed by atoms with van der Waals surface area (Å²) in [5.41, 5.74) is 1.64. The van der Waals surface area contributed by atoms with E-state index in [4.69, 9.17) is 4.74 Å². The molecule has 0 aliphatic carbocycles. The summed E-state index contributed by atoms with van der Waals surface area (Å²) >= 11 is 0. The van der Waals surface area contributed by atoms with E-state index < -0.39 is 0 Å². The number of nitrogens with zero attached hydrogens (tertiary/aromatic N) is 2. The maximum atomic E-state index is 5.07. The monoisotopic (exact) mass is 176 g/mol. The van der Waals surface area contributed by atoms with Gasteiger partial charge in [-0.05, 0) is 17.3 Å². The second-order valence-electron chi connectivity index (χ2n) is 2.52. The van der Waals surface area contributed by atoms with Crippen LogP contribution in [-0.4, -0.2) is 17.4 Å². The topological polar surface area (TPSA) is 48.2 Å². The minimum Gasteiger partial charge on any atom is -0.497 e. The van der Waals surface area contributed by atoms with Crippen LogP contribution < -0.4 is 4.74 Å². The molecule has 0 radical (unpaired) electrons. The van der Waals surface area contributed by atoms with Gasteiger partial charge < -0.3 is 4.74 Å². The number of aromatic nitrogens is 2. The van der Waals surface area contributed by atoms with Crippen molar-refractivity contribution < 1.29 is 9.37 Å². The van der Waals surface area contributed by atoms with Gasteiger partial charge in [-0.15, -0.1) is 0 Å². The van der Waals surface area contributed by atoms with Gasteiger partial charge in [0.1, 0.15) is 11.4 Å². The highest BCUT2D eigenvalue weighted by molar-refractivity contribution is 5.59. The third-order valence-electron chi connectivity index (χ3n) is 1.73. The summed E-state index contributed by atoms with van der Waals surface area (Å²) in [6.07, 6.45) is 1.56. The molecule has 0 aliphatic rings. The first-order valence-corrected chi connectivity index (χ1v) is 3.82. The normalized spacial score (nSPS) is 9.92. The molecular formula is C9H8N2O2. The lowest BCUT2D eigenvalue weighted by atomic mass is 10.2. The fourth-order valence-corrected chi connectivity index (χ4v) is 1.07. The van der Waals surface area contributed by atoms with Crippen molar-refractivity contribution in [2.75, 3.05) is 7.11 Å². The lowest BCUT2D eigenvalue weighted by Crippen LogP contribution is -1.83. The average Bonchev–Trinajstić information content (AvgIpc) is 2.71. The van der Waals surface area contributed by atoms with Crippen molar-refractivity contribution in [3.05, 3.63) is 30.5 Å². The quantitative estimate of drug-likeness (QED) is 0.699. The van der Waals surface area contributed by atoms with Gasteiger partial charge in [-0.1, -0.05) is 17.3 Å². The van der Waals surface area contributed by atoms with Crippen molar-refractivity contribution in [3.63, 3.8) is 0 Å². The highest BCUT2D eigenvalue weighted by Gasteiger charge is 2.02. The molecule has 0 amide bonds. The highest BCUT2D eigenvalue weighted by atomic mass is 16.6. The van der Waals surface area contributed by atoms with Gasteiger partial charge in [0.05, 0.1) is 13.3 Å². The fraction of sp³-hybridized carbons (Fsp3) is 0.111. The number of hydrogen-bond donors (Lipinski definition) is 0. The van der Waals surface area contributed by atoms with Crippen molar-refractivity contribution in [1.29, 1.82) is 0 Å². The maximum Gasteiger partial charge on any atom is 0.135 e. The summed E-state index contributed by atoms with van der Waals surface area (Å²) in [7, 11) is 1.63. The molecule has 1 aromatic heterocycles. The van der Waals surface area contributed by atoms with Crippen molar-refractivity contribution >= 4 is 0 Å². The van der Waals surface area contributed by atoms with E-state index in [0.29, 0.717) is 5.69 Å². The number of methoxy groups -OCH3 is 1. The third kappa shape index (κ3) is 1.51. The molecule has 1 aromatic carbocycles. The third-order valence-corrected chi connectivity index (χ3v) is 1.73. The molecule has 1 heterocycles. The second-order valence-corrected chi connectivity index (χ2v) is 2.52. The van der Waals surface area contributed by atoms with Gasteiger partial charge in [0.2, 0.25) is 0 Å². The van der Waals surface area contributed by atoms with Gasteiger partial charge in [0, 0.05) is 5.56 Å². The minimum atomic E-state index is 0.707. The van der Waals surface area contributed by atoms with Crippen LogP contribution in [0.2, 0.25) is 0 Å². The van der Waals surface area contributed by atoms with E-state index in [0.717, 1.165) is 11.3 Å². The van der Waals surface area contributed by atoms with E-state index in [1.54, 1.807) is 13.3 Å². The van der Waals surface area contributed by atoms with E-state index >= 15 is 0 Å². The Hall–Kier alpha value is -1.84. The number of benzene rings is 1. The summed E-state index contributed by atoms with van der Waals surface area (Å²) in [6, 6.07) is 7.56. The minimum absolute atomic E-state index is 0.707. The van der Waals surface area contributed by atoms with Crippen molar-refractivity contribution in [1.82, 2.24) is 10.3 Å². The molecule has 4 nitrogen and oxygen atoms in total. The molecule has 0 bridgehead atoms. The molecule has 2 rings (SSSR count). The average molecular weight is 176 g/mol. The molecule has 0 saturated heterocycles. The van der Waals surface area contributed by atoms with Crippen LogP contribution >= 0.6 is 0 Å². The fourth-order valence-electron chi connectivity index (χ4n) is 1.07. The van der Waals surface area contributed by atoms with E-state index in [-0.39, 0.29) is 0 Å². The van der Waals surface area contributed by atoms with Gasteiger partial charge in [-0.25, -0.2) is 4.63 Å². The van der Waals surface area contributed by atoms with Gasteiger partial charge >= 0.3 is 0 Å². The first kappa shape index (κ1) is 7.79. The summed E-state index contributed by atoms with van der Waals surface area (Å²) < 4.78 is 9.58. The predicted octanol–water partition coefficient (Wildman–Crippen LogP) is 1.75. The summed E-state index contributed by atoms with van der Waals surface area (Å²) in [6.45, 7) is 0. The Bertz CT molecular complexity index is 384. The lowest BCUT2D eigenvalue weighted by Gasteiger charge is -1.99. The zero-order valence-corrected chi connectivity index (χ0v) is 7.10. The van der Waals surface area contributed by atoms with E-state index in [2.05, 4.69) is 14.9 Å². The molecule has 0 fully saturated rings. The predicted molar refractivity (Wildman–Crippen MR) is 46.3 cm³/mol. The van der Waals surface area contributed by atoms with Crippen LogP contribution in [0.15, 0.2) is 35.1 Å². The van der Waals surface area contributed by atoms with Gasteiger partial charge in [0.25, 0.3) is 0 Å². The summed E-state index contributed by atoms with van der Waals surface area (Å²) in [4.78, 5) is 0. The van der Waals surface area contributed by atoms with Crippen LogP contribution in [0.1, 0.15) is 0 Å². The summed E-state index contributed by atoms with van der Waals surface area (Å²) in [5.74, 6) is 0.792. The molecule has 2 aromatic rings. The molecule has 0 spiro atoms. The second kappa shape index (κ2) is 3.26. The van der Waals surface area contributed by atoms with Crippen molar-refractivity contribution in [2.24, 2.45) is 0 Å². The first-order chi connectivity index (χ1) is 6.40. The Labute approximate surface area is 75.1 Å². The molecule has 13 heavy (non-hydrogen) atoms. The zero-order valence-electron chi connectivity index (χ0n) is 7.10. The zero-order chi connectivity index (χ0) is 9.10. The Morgan fingerprint density at radius 2 is 2.31 bits per heavy atom. The molecule has 66 valence electrons. The van der Waals surface area contributed by atoms with Crippen LogP contribution in [0.4, 0.5) is 0 Å².